The fraction of sp³-hybridized carbons (Fsp3) is 0.185. The number of aliphatic hydroxyl groups excluding tert-OH is 1. The number of benzene rings is 3. The van der Waals surface area contributed by atoms with Gasteiger partial charge in [0, 0.05) is 0 Å². The molecule has 4 rings (SSSR count). The maximum absolute atomic E-state index is 13.4. The molecule has 6 nitrogen and oxygen atoms in total. The Kier molecular flexibility index (Phi) is 7.17. The Labute approximate surface area is 193 Å². The Morgan fingerprint density at radius 1 is 0.939 bits per heavy atom. The molecule has 3 N–H and O–H groups in total. The van der Waals surface area contributed by atoms with Gasteiger partial charge in [0.25, 0.3) is 0 Å². The standard InChI is InChI=1S/C27H27N3O3/c1-19-25(27(32)29-23(28-19)18-33-17-20-11-5-2-6-12-20)30-26(31)24(21-13-7-3-8-14-21)22-15-9-4-10-16-22/h2-16,19,24,32H,17-18H2,1H3,(H,28,29)(H,30,31). The van der Waals surface area contributed by atoms with Crippen LogP contribution >= 0.6 is 0 Å². The summed E-state index contributed by atoms with van der Waals surface area (Å²) in [6.07, 6.45) is 0. The second kappa shape index (κ2) is 10.6. The van der Waals surface area contributed by atoms with Crippen LogP contribution in [-0.2, 0) is 16.1 Å². The van der Waals surface area contributed by atoms with E-state index in [2.05, 4.69) is 15.6 Å². The summed E-state index contributed by atoms with van der Waals surface area (Å²) in [5, 5.41) is 16.4. The number of hydrogen-bond donors (Lipinski definition) is 3. The molecule has 6 heteroatoms. The summed E-state index contributed by atoms with van der Waals surface area (Å²) >= 11 is 0. The molecular weight excluding hydrogens is 414 g/mol. The van der Waals surface area contributed by atoms with Crippen molar-refractivity contribution in [3.8, 4) is 0 Å². The summed E-state index contributed by atoms with van der Waals surface area (Å²) in [4.78, 5) is 17.9. The quantitative estimate of drug-likeness (QED) is 0.488. The molecule has 1 unspecified atom stereocenters. The largest absolute Gasteiger partial charge is 0.493 e. The molecule has 0 saturated heterocycles. The Bertz CT molecular complexity index is 1090. The fourth-order valence-electron chi connectivity index (χ4n) is 3.80. The molecule has 33 heavy (non-hydrogen) atoms. The number of amidine groups is 1. The molecule has 0 spiro atoms. The highest BCUT2D eigenvalue weighted by Crippen LogP contribution is 2.26. The van der Waals surface area contributed by atoms with Crippen LogP contribution in [0.4, 0.5) is 0 Å². The van der Waals surface area contributed by atoms with E-state index in [1.807, 2.05) is 97.9 Å². The van der Waals surface area contributed by atoms with Gasteiger partial charge in [-0.15, -0.1) is 0 Å². The summed E-state index contributed by atoms with van der Waals surface area (Å²) in [6, 6.07) is 28.6. The van der Waals surface area contributed by atoms with Gasteiger partial charge in [-0.25, -0.2) is 0 Å². The lowest BCUT2D eigenvalue weighted by Gasteiger charge is -2.25. The molecule has 0 aliphatic carbocycles. The molecule has 0 bridgehead atoms. The van der Waals surface area contributed by atoms with Crippen LogP contribution in [0.25, 0.3) is 0 Å². The van der Waals surface area contributed by atoms with Crippen LogP contribution in [0.1, 0.15) is 29.5 Å². The van der Waals surface area contributed by atoms with E-state index in [0.29, 0.717) is 18.1 Å². The maximum Gasteiger partial charge on any atom is 0.236 e. The van der Waals surface area contributed by atoms with E-state index in [1.54, 1.807) is 0 Å². The monoisotopic (exact) mass is 441 g/mol. The van der Waals surface area contributed by atoms with Crippen molar-refractivity contribution < 1.29 is 14.6 Å². The highest BCUT2D eigenvalue weighted by atomic mass is 16.5. The first-order chi connectivity index (χ1) is 16.1. The van der Waals surface area contributed by atoms with E-state index in [9.17, 15) is 9.90 Å². The van der Waals surface area contributed by atoms with Crippen molar-refractivity contribution in [2.45, 2.75) is 25.5 Å². The zero-order chi connectivity index (χ0) is 23.0. The van der Waals surface area contributed by atoms with Gasteiger partial charge < -0.3 is 20.5 Å². The Balaban J connectivity index is 1.44. The van der Waals surface area contributed by atoms with Gasteiger partial charge in [-0.05, 0) is 23.6 Å². The summed E-state index contributed by atoms with van der Waals surface area (Å²) in [7, 11) is 0. The van der Waals surface area contributed by atoms with Crippen molar-refractivity contribution >= 4 is 11.7 Å². The van der Waals surface area contributed by atoms with Crippen molar-refractivity contribution in [1.29, 1.82) is 0 Å². The number of nitrogens with one attached hydrogen (secondary N) is 2. The number of hydrogen-bond acceptors (Lipinski definition) is 5. The van der Waals surface area contributed by atoms with Crippen molar-refractivity contribution in [3.63, 3.8) is 0 Å². The molecule has 1 atom stereocenters. The lowest BCUT2D eigenvalue weighted by atomic mass is 9.90. The molecule has 1 heterocycles. The van der Waals surface area contributed by atoms with E-state index in [-0.39, 0.29) is 18.4 Å². The third kappa shape index (κ3) is 5.67. The number of carbonyl (C=O) groups is 1. The molecule has 3 aromatic carbocycles. The molecule has 1 aliphatic heterocycles. The Morgan fingerprint density at radius 3 is 2.03 bits per heavy atom. The van der Waals surface area contributed by atoms with Crippen LogP contribution in [0, 0.1) is 0 Å². The predicted molar refractivity (Wildman–Crippen MR) is 129 cm³/mol. The third-order valence-corrected chi connectivity index (χ3v) is 5.42. The SMILES string of the molecule is CC1N=C(COCc2ccccc2)NC(O)=C1NC(=O)C(c1ccccc1)c1ccccc1. The number of amides is 1. The Morgan fingerprint density at radius 2 is 1.48 bits per heavy atom. The van der Waals surface area contributed by atoms with E-state index >= 15 is 0 Å². The first-order valence-corrected chi connectivity index (χ1v) is 10.9. The third-order valence-electron chi connectivity index (χ3n) is 5.42. The normalized spacial score (nSPS) is 15.7. The van der Waals surface area contributed by atoms with Crippen LogP contribution in [0.3, 0.4) is 0 Å². The molecular formula is C27H27N3O3. The molecule has 1 aliphatic rings. The average Bonchev–Trinajstić information content (AvgIpc) is 2.84. The van der Waals surface area contributed by atoms with Gasteiger partial charge in [0.05, 0.1) is 18.6 Å². The van der Waals surface area contributed by atoms with Gasteiger partial charge in [0.1, 0.15) is 18.1 Å². The second-order valence-electron chi connectivity index (χ2n) is 7.86. The minimum Gasteiger partial charge on any atom is -0.493 e. The van der Waals surface area contributed by atoms with E-state index in [1.165, 1.54) is 0 Å². The van der Waals surface area contributed by atoms with Gasteiger partial charge in [-0.2, -0.15) is 0 Å². The maximum atomic E-state index is 13.4. The van der Waals surface area contributed by atoms with Crippen molar-refractivity contribution in [1.82, 2.24) is 10.6 Å². The van der Waals surface area contributed by atoms with Crippen LogP contribution in [0.5, 0.6) is 0 Å². The highest BCUT2D eigenvalue weighted by molar-refractivity contribution is 5.90. The molecule has 0 fully saturated rings. The smallest absolute Gasteiger partial charge is 0.236 e. The zero-order valence-corrected chi connectivity index (χ0v) is 18.4. The Hall–Kier alpha value is -3.90. The predicted octanol–water partition coefficient (Wildman–Crippen LogP) is 4.27. The minimum absolute atomic E-state index is 0.121. The van der Waals surface area contributed by atoms with Crippen LogP contribution in [-0.4, -0.2) is 29.5 Å². The minimum atomic E-state index is -0.514. The summed E-state index contributed by atoms with van der Waals surface area (Å²) in [6.45, 7) is 2.49. The van der Waals surface area contributed by atoms with Crippen LogP contribution < -0.4 is 10.6 Å². The summed E-state index contributed by atoms with van der Waals surface area (Å²) in [5.74, 6) is -0.360. The molecule has 0 saturated carbocycles. The summed E-state index contributed by atoms with van der Waals surface area (Å²) in [5.41, 5.74) is 3.14. The van der Waals surface area contributed by atoms with E-state index < -0.39 is 12.0 Å². The second-order valence-corrected chi connectivity index (χ2v) is 7.86. The first kappa shape index (κ1) is 22.3. The molecule has 3 aromatic rings. The van der Waals surface area contributed by atoms with Crippen LogP contribution in [0.15, 0.2) is 108 Å². The van der Waals surface area contributed by atoms with Crippen LogP contribution in [0.2, 0.25) is 0 Å². The summed E-state index contributed by atoms with van der Waals surface area (Å²) < 4.78 is 5.71. The highest BCUT2D eigenvalue weighted by Gasteiger charge is 2.28. The first-order valence-electron chi connectivity index (χ1n) is 10.9. The van der Waals surface area contributed by atoms with Crippen molar-refractivity contribution in [2.24, 2.45) is 4.99 Å². The van der Waals surface area contributed by atoms with E-state index in [4.69, 9.17) is 4.74 Å². The fourth-order valence-corrected chi connectivity index (χ4v) is 3.80. The van der Waals surface area contributed by atoms with Gasteiger partial charge in [-0.3, -0.25) is 9.79 Å². The molecule has 168 valence electrons. The lowest BCUT2D eigenvalue weighted by molar-refractivity contribution is -0.121. The molecule has 1 amide bonds. The number of aliphatic imine (C=N–C) groups is 1. The zero-order valence-electron chi connectivity index (χ0n) is 18.4. The number of rotatable bonds is 8. The average molecular weight is 442 g/mol. The lowest BCUT2D eigenvalue weighted by Crippen LogP contribution is -2.41. The van der Waals surface area contributed by atoms with E-state index in [0.717, 1.165) is 16.7 Å². The number of aliphatic hydroxyl groups is 1. The van der Waals surface area contributed by atoms with Crippen molar-refractivity contribution in [2.75, 3.05) is 6.61 Å². The van der Waals surface area contributed by atoms with Crippen molar-refractivity contribution in [3.05, 3.63) is 119 Å². The molecule has 0 aromatic heterocycles. The number of nitrogens with zero attached hydrogens (tertiary/aromatic N) is 1. The topological polar surface area (TPSA) is 82.9 Å². The van der Waals surface area contributed by atoms with Gasteiger partial charge in [0.15, 0.2) is 0 Å². The number of ether oxygens (including phenoxy) is 1. The number of carbonyl (C=O) groups excluding carboxylic acids is 1. The molecule has 0 radical (unpaired) electrons. The van der Waals surface area contributed by atoms with Gasteiger partial charge >= 0.3 is 0 Å². The van der Waals surface area contributed by atoms with Gasteiger partial charge in [0.2, 0.25) is 11.8 Å². The van der Waals surface area contributed by atoms with Gasteiger partial charge in [-0.1, -0.05) is 91.0 Å².